The first-order valence-electron chi connectivity index (χ1n) is 10.3. The summed E-state index contributed by atoms with van der Waals surface area (Å²) in [7, 11) is 0. The van der Waals surface area contributed by atoms with E-state index in [1.165, 1.54) is 20.8 Å². The summed E-state index contributed by atoms with van der Waals surface area (Å²) in [6.07, 6.45) is -6.36. The number of carbonyl (C=O) groups is 1. The molecule has 0 bridgehead atoms. The van der Waals surface area contributed by atoms with Crippen molar-refractivity contribution in [2.45, 2.75) is 45.0 Å². The van der Waals surface area contributed by atoms with E-state index in [-0.39, 0.29) is 4.90 Å². The molecule has 1 fully saturated rings. The largest absolute Gasteiger partial charge is 0.444 e. The molecule has 0 atom stereocenters. The SMILES string of the molecule is [2H]C1([2H])N(C(=O)OC(C)(C)C)C([2H])([2H])C([2H])([2H])C([2H])(c2ncc(Br)cn2)C1([2H])[2H]. The summed E-state index contributed by atoms with van der Waals surface area (Å²) >= 11 is 3.05. The van der Waals surface area contributed by atoms with Crippen LogP contribution in [0.15, 0.2) is 16.9 Å². The summed E-state index contributed by atoms with van der Waals surface area (Å²) < 4.78 is 80.1. The van der Waals surface area contributed by atoms with Crippen molar-refractivity contribution in [1.29, 1.82) is 0 Å². The van der Waals surface area contributed by atoms with Gasteiger partial charge in [0.15, 0.2) is 0 Å². The summed E-state index contributed by atoms with van der Waals surface area (Å²) in [5, 5.41) is 0. The van der Waals surface area contributed by atoms with Gasteiger partial charge in [-0.1, -0.05) is 0 Å². The predicted octanol–water partition coefficient (Wildman–Crippen LogP) is 3.35. The number of hydrogen-bond donors (Lipinski definition) is 0. The average Bonchev–Trinajstić information content (AvgIpc) is 2.50. The predicted molar refractivity (Wildman–Crippen MR) is 79.5 cm³/mol. The fraction of sp³-hybridized carbons (Fsp3) is 0.643. The molecule has 0 aliphatic carbocycles. The number of ether oxygens (including phenoxy) is 1. The van der Waals surface area contributed by atoms with Gasteiger partial charge in [-0.3, -0.25) is 0 Å². The Balaban J connectivity index is 2.79. The van der Waals surface area contributed by atoms with Gasteiger partial charge < -0.3 is 9.64 Å². The summed E-state index contributed by atoms with van der Waals surface area (Å²) in [6.45, 7) is -2.68. The van der Waals surface area contributed by atoms with Crippen molar-refractivity contribution in [1.82, 2.24) is 14.9 Å². The molecule has 1 aromatic heterocycles. The van der Waals surface area contributed by atoms with Gasteiger partial charge in [-0.15, -0.1) is 0 Å². The topological polar surface area (TPSA) is 55.3 Å². The van der Waals surface area contributed by atoms with Gasteiger partial charge in [0.25, 0.3) is 0 Å². The first-order chi connectivity index (χ1) is 12.7. The molecule has 1 aromatic rings. The van der Waals surface area contributed by atoms with Crippen LogP contribution in [0.1, 0.15) is 57.6 Å². The standard InChI is InChI=1S/C14H20BrN3O2/c1-14(2,3)20-13(19)18-6-4-10(5-7-18)12-16-8-11(15)9-17-12/h8-10H,4-7H2,1-3H3/i4D2,5D2,6D2,7D2,10D. The number of piperidine rings is 1. The van der Waals surface area contributed by atoms with Gasteiger partial charge in [0, 0.05) is 43.6 Å². The van der Waals surface area contributed by atoms with Gasteiger partial charge in [0.05, 0.1) is 4.47 Å². The lowest BCUT2D eigenvalue weighted by Crippen LogP contribution is -2.41. The maximum Gasteiger partial charge on any atom is 0.410 e. The third-order valence-corrected chi connectivity index (χ3v) is 2.41. The van der Waals surface area contributed by atoms with Gasteiger partial charge in [-0.05, 0) is 49.4 Å². The maximum atomic E-state index is 12.6. The zero-order valence-electron chi connectivity index (χ0n) is 20.2. The minimum absolute atomic E-state index is 0.253. The Hall–Kier alpha value is -1.17. The van der Waals surface area contributed by atoms with Crippen molar-refractivity contribution in [3.63, 3.8) is 0 Å². The fourth-order valence-corrected chi connectivity index (χ4v) is 1.44. The molecule has 2 rings (SSSR count). The second-order valence-corrected chi connectivity index (χ2v) is 5.80. The van der Waals surface area contributed by atoms with Crippen molar-refractivity contribution in [2.75, 3.05) is 13.0 Å². The Morgan fingerprint density at radius 3 is 2.50 bits per heavy atom. The minimum atomic E-state index is -3.50. The summed E-state index contributed by atoms with van der Waals surface area (Å²) in [5.41, 5.74) is -1.19. The molecule has 1 amide bonds. The first-order valence-corrected chi connectivity index (χ1v) is 6.56. The third kappa shape index (κ3) is 4.16. The van der Waals surface area contributed by atoms with Crippen molar-refractivity contribution < 1.29 is 21.9 Å². The zero-order valence-corrected chi connectivity index (χ0v) is 12.8. The van der Waals surface area contributed by atoms with Gasteiger partial charge in [0.1, 0.15) is 11.4 Å². The van der Waals surface area contributed by atoms with Crippen LogP contribution in [0.5, 0.6) is 0 Å². The van der Waals surface area contributed by atoms with Crippen LogP contribution >= 0.6 is 15.9 Å². The minimum Gasteiger partial charge on any atom is -0.444 e. The number of nitrogens with zero attached hydrogens (tertiary/aromatic N) is 3. The summed E-state index contributed by atoms with van der Waals surface area (Å²) in [5.74, 6) is -4.03. The molecule has 1 aliphatic rings. The Labute approximate surface area is 140 Å². The lowest BCUT2D eigenvalue weighted by atomic mass is 9.96. The molecule has 110 valence electrons. The number of rotatable bonds is 1. The van der Waals surface area contributed by atoms with Crippen molar-refractivity contribution in [2.24, 2.45) is 0 Å². The molecule has 2 heterocycles. The molecule has 0 saturated carbocycles. The van der Waals surface area contributed by atoms with Crippen LogP contribution in [0.25, 0.3) is 0 Å². The molecule has 0 aromatic carbocycles. The normalized spacial score (nSPS) is 35.4. The molecular formula is C14H20BrN3O2. The van der Waals surface area contributed by atoms with Gasteiger partial charge in [0.2, 0.25) is 0 Å². The highest BCUT2D eigenvalue weighted by molar-refractivity contribution is 9.10. The Kier molecular flexibility index (Phi) is 2.19. The molecule has 0 spiro atoms. The molecule has 6 heteroatoms. The smallest absolute Gasteiger partial charge is 0.410 e. The van der Waals surface area contributed by atoms with E-state index in [9.17, 15) is 4.79 Å². The van der Waals surface area contributed by atoms with E-state index in [1.807, 2.05) is 0 Å². The second kappa shape index (κ2) is 6.08. The van der Waals surface area contributed by atoms with Crippen LogP contribution < -0.4 is 0 Å². The highest BCUT2D eigenvalue weighted by atomic mass is 79.9. The lowest BCUT2D eigenvalue weighted by Gasteiger charge is -2.32. The highest BCUT2D eigenvalue weighted by Crippen LogP contribution is 2.26. The van der Waals surface area contributed by atoms with Crippen LogP contribution in [0, 0.1) is 0 Å². The number of aromatic nitrogens is 2. The lowest BCUT2D eigenvalue weighted by molar-refractivity contribution is 0.0203. The molecular weight excluding hydrogens is 322 g/mol. The molecule has 5 nitrogen and oxygen atoms in total. The molecule has 1 aliphatic heterocycles. The van der Waals surface area contributed by atoms with E-state index in [0.29, 0.717) is 4.47 Å². The van der Waals surface area contributed by atoms with E-state index >= 15 is 0 Å². The quantitative estimate of drug-likeness (QED) is 0.779. The summed E-state index contributed by atoms with van der Waals surface area (Å²) in [6, 6.07) is 0. The van der Waals surface area contributed by atoms with Crippen LogP contribution in [-0.2, 0) is 4.74 Å². The van der Waals surface area contributed by atoms with E-state index in [1.54, 1.807) is 0 Å². The second-order valence-electron chi connectivity index (χ2n) is 4.89. The van der Waals surface area contributed by atoms with Crippen LogP contribution in [0.3, 0.4) is 0 Å². The summed E-state index contributed by atoms with van der Waals surface area (Å²) in [4.78, 5) is 19.8. The Morgan fingerprint density at radius 1 is 1.45 bits per heavy atom. The number of halogens is 1. The fourth-order valence-electron chi connectivity index (χ4n) is 1.23. The molecule has 1 saturated heterocycles. The van der Waals surface area contributed by atoms with Crippen LogP contribution in [-0.4, -0.2) is 39.6 Å². The van der Waals surface area contributed by atoms with Crippen molar-refractivity contribution >= 4 is 22.0 Å². The molecule has 0 radical (unpaired) electrons. The Bertz CT molecular complexity index is 784. The molecule has 0 N–H and O–H groups in total. The number of hydrogen-bond acceptors (Lipinski definition) is 4. The first kappa shape index (κ1) is 7.20. The third-order valence-electron chi connectivity index (χ3n) is 2.01. The van der Waals surface area contributed by atoms with Gasteiger partial charge >= 0.3 is 6.09 Å². The molecule has 0 unspecified atom stereocenters. The number of carbonyl (C=O) groups excluding carboxylic acids is 1. The maximum absolute atomic E-state index is 12.6. The number of amides is 1. The van der Waals surface area contributed by atoms with Crippen molar-refractivity contribution in [3.8, 4) is 0 Å². The zero-order chi connectivity index (χ0) is 22.8. The average molecular weight is 351 g/mol. The monoisotopic (exact) mass is 350 g/mol. The van der Waals surface area contributed by atoms with Gasteiger partial charge in [-0.2, -0.15) is 0 Å². The number of likely N-dealkylation sites (tertiary alicyclic amines) is 1. The van der Waals surface area contributed by atoms with Gasteiger partial charge in [-0.25, -0.2) is 14.8 Å². The van der Waals surface area contributed by atoms with E-state index in [4.69, 9.17) is 17.1 Å². The Morgan fingerprint density at radius 2 is 2.00 bits per heavy atom. The van der Waals surface area contributed by atoms with Crippen LogP contribution in [0.4, 0.5) is 4.79 Å². The van der Waals surface area contributed by atoms with E-state index in [2.05, 4.69) is 25.9 Å². The van der Waals surface area contributed by atoms with E-state index < -0.39 is 49.2 Å². The molecule has 20 heavy (non-hydrogen) atoms. The van der Waals surface area contributed by atoms with Crippen molar-refractivity contribution in [3.05, 3.63) is 22.7 Å². The van der Waals surface area contributed by atoms with E-state index in [0.717, 1.165) is 12.4 Å². The highest BCUT2D eigenvalue weighted by Gasteiger charge is 2.28. The van der Waals surface area contributed by atoms with Crippen LogP contribution in [0.2, 0.25) is 0 Å².